The summed E-state index contributed by atoms with van der Waals surface area (Å²) in [6.45, 7) is 6.18. The Morgan fingerprint density at radius 2 is 1.90 bits per heavy atom. The summed E-state index contributed by atoms with van der Waals surface area (Å²) in [7, 11) is 3.15. The van der Waals surface area contributed by atoms with Crippen LogP contribution in [0, 0.1) is 0 Å². The number of carboxylic acids is 1. The van der Waals surface area contributed by atoms with E-state index >= 15 is 0 Å². The Balaban J connectivity index is 3.37. The van der Waals surface area contributed by atoms with Crippen LogP contribution in [0.15, 0.2) is 12.1 Å². The fourth-order valence-electron chi connectivity index (χ4n) is 2.05. The minimum Gasteiger partial charge on any atom is -0.497 e. The highest BCUT2D eigenvalue weighted by Gasteiger charge is 2.24. The summed E-state index contributed by atoms with van der Waals surface area (Å²) >= 11 is 0. The Hall–Kier alpha value is -1.75. The number of hydrogen-bond acceptors (Lipinski definition) is 4. The first-order valence-electron chi connectivity index (χ1n) is 6.44. The van der Waals surface area contributed by atoms with Crippen molar-refractivity contribution in [1.82, 2.24) is 0 Å². The fourth-order valence-corrected chi connectivity index (χ4v) is 2.05. The average Bonchev–Trinajstić information content (AvgIpc) is 2.36. The van der Waals surface area contributed by atoms with E-state index in [0.717, 1.165) is 11.1 Å². The Morgan fingerprint density at radius 3 is 2.30 bits per heavy atom. The SMILES string of the molecule is COc1cc(CC(N)C(=O)O)c(OC)c(C(C)(C)C)c1. The zero-order valence-corrected chi connectivity index (χ0v) is 12.7. The van der Waals surface area contributed by atoms with E-state index in [1.165, 1.54) is 0 Å². The van der Waals surface area contributed by atoms with E-state index in [4.69, 9.17) is 20.3 Å². The lowest BCUT2D eigenvalue weighted by Gasteiger charge is -2.25. The van der Waals surface area contributed by atoms with Gasteiger partial charge in [-0.25, -0.2) is 0 Å². The maximum atomic E-state index is 10.9. The molecule has 0 radical (unpaired) electrons. The molecule has 3 N–H and O–H groups in total. The molecule has 20 heavy (non-hydrogen) atoms. The van der Waals surface area contributed by atoms with E-state index in [9.17, 15) is 4.79 Å². The summed E-state index contributed by atoms with van der Waals surface area (Å²) in [4.78, 5) is 10.9. The van der Waals surface area contributed by atoms with Crippen molar-refractivity contribution in [3.63, 3.8) is 0 Å². The lowest BCUT2D eigenvalue weighted by Crippen LogP contribution is -2.32. The van der Waals surface area contributed by atoms with Crippen molar-refractivity contribution in [2.45, 2.75) is 38.6 Å². The van der Waals surface area contributed by atoms with Gasteiger partial charge in [-0.15, -0.1) is 0 Å². The number of nitrogens with two attached hydrogens (primary N) is 1. The van der Waals surface area contributed by atoms with Crippen molar-refractivity contribution in [3.05, 3.63) is 23.3 Å². The summed E-state index contributed by atoms with van der Waals surface area (Å²) in [6.07, 6.45) is 0.193. The van der Waals surface area contributed by atoms with Crippen LogP contribution in [-0.4, -0.2) is 31.3 Å². The Bertz CT molecular complexity index is 491. The Labute approximate surface area is 119 Å². The molecule has 112 valence electrons. The number of carbonyl (C=O) groups is 1. The van der Waals surface area contributed by atoms with Gasteiger partial charge in [0.25, 0.3) is 0 Å². The molecule has 0 fully saturated rings. The third-order valence-electron chi connectivity index (χ3n) is 3.14. The highest BCUT2D eigenvalue weighted by atomic mass is 16.5. The van der Waals surface area contributed by atoms with Crippen LogP contribution in [0.3, 0.4) is 0 Å². The van der Waals surface area contributed by atoms with Crippen LogP contribution in [0.2, 0.25) is 0 Å². The second-order valence-electron chi connectivity index (χ2n) is 5.77. The van der Waals surface area contributed by atoms with Crippen molar-refractivity contribution < 1.29 is 19.4 Å². The highest BCUT2D eigenvalue weighted by molar-refractivity contribution is 5.74. The minimum atomic E-state index is -1.04. The molecule has 0 heterocycles. The molecule has 0 aliphatic rings. The van der Waals surface area contributed by atoms with Crippen LogP contribution >= 0.6 is 0 Å². The summed E-state index contributed by atoms with van der Waals surface area (Å²) in [5.74, 6) is 0.311. The van der Waals surface area contributed by atoms with E-state index in [1.54, 1.807) is 20.3 Å². The van der Waals surface area contributed by atoms with Crippen molar-refractivity contribution in [2.75, 3.05) is 14.2 Å². The largest absolute Gasteiger partial charge is 0.497 e. The van der Waals surface area contributed by atoms with Crippen LogP contribution in [0.25, 0.3) is 0 Å². The molecule has 0 amide bonds. The fraction of sp³-hybridized carbons (Fsp3) is 0.533. The van der Waals surface area contributed by atoms with Gasteiger partial charge in [-0.1, -0.05) is 20.8 Å². The molecule has 1 aromatic carbocycles. The molecule has 0 aliphatic carbocycles. The molecular formula is C15H23NO4. The van der Waals surface area contributed by atoms with Crippen molar-refractivity contribution in [1.29, 1.82) is 0 Å². The van der Waals surface area contributed by atoms with Crippen LogP contribution < -0.4 is 15.2 Å². The standard InChI is InChI=1S/C15H23NO4/c1-15(2,3)11-8-10(19-4)6-9(13(11)20-5)7-12(16)14(17)18/h6,8,12H,7,16H2,1-5H3,(H,17,18). The summed E-state index contributed by atoms with van der Waals surface area (Å²) < 4.78 is 10.8. The third kappa shape index (κ3) is 3.63. The molecule has 0 aliphatic heterocycles. The van der Waals surface area contributed by atoms with Gasteiger partial charge in [-0.3, -0.25) is 4.79 Å². The summed E-state index contributed by atoms with van der Waals surface area (Å²) in [5, 5.41) is 8.97. The second-order valence-corrected chi connectivity index (χ2v) is 5.77. The van der Waals surface area contributed by atoms with Crippen molar-refractivity contribution >= 4 is 5.97 Å². The molecule has 0 aromatic heterocycles. The molecule has 0 bridgehead atoms. The van der Waals surface area contributed by atoms with Crippen molar-refractivity contribution in [3.8, 4) is 11.5 Å². The molecule has 1 unspecified atom stereocenters. The molecule has 5 heteroatoms. The first kappa shape index (κ1) is 16.3. The van der Waals surface area contributed by atoms with Gasteiger partial charge in [0.2, 0.25) is 0 Å². The van der Waals surface area contributed by atoms with Crippen LogP contribution in [0.4, 0.5) is 0 Å². The minimum absolute atomic E-state index is 0.151. The molecule has 5 nitrogen and oxygen atoms in total. The topological polar surface area (TPSA) is 81.8 Å². The summed E-state index contributed by atoms with van der Waals surface area (Å²) in [6, 6.07) is 2.72. The van der Waals surface area contributed by atoms with Gasteiger partial charge < -0.3 is 20.3 Å². The lowest BCUT2D eigenvalue weighted by molar-refractivity contribution is -0.138. The van der Waals surface area contributed by atoms with Gasteiger partial charge in [-0.05, 0) is 17.5 Å². The average molecular weight is 281 g/mol. The predicted octanol–water partition coefficient (Wildman–Crippen LogP) is 1.96. The van der Waals surface area contributed by atoms with Gasteiger partial charge in [-0.2, -0.15) is 0 Å². The molecular weight excluding hydrogens is 258 g/mol. The van der Waals surface area contributed by atoms with E-state index in [2.05, 4.69) is 20.8 Å². The monoisotopic (exact) mass is 281 g/mol. The molecule has 1 atom stereocenters. The Morgan fingerprint density at radius 1 is 1.30 bits per heavy atom. The number of methoxy groups -OCH3 is 2. The molecule has 1 aromatic rings. The van der Waals surface area contributed by atoms with Gasteiger partial charge >= 0.3 is 5.97 Å². The van der Waals surface area contributed by atoms with Gasteiger partial charge in [0.1, 0.15) is 17.5 Å². The van der Waals surface area contributed by atoms with Gasteiger partial charge in [0.05, 0.1) is 14.2 Å². The Kier molecular flexibility index (Phi) is 5.00. The number of aliphatic carboxylic acids is 1. The smallest absolute Gasteiger partial charge is 0.320 e. The number of rotatable bonds is 5. The first-order chi connectivity index (χ1) is 9.20. The van der Waals surface area contributed by atoms with E-state index in [-0.39, 0.29) is 11.8 Å². The molecule has 1 rings (SSSR count). The van der Waals surface area contributed by atoms with Crippen molar-refractivity contribution in [2.24, 2.45) is 5.73 Å². The number of hydrogen-bond donors (Lipinski definition) is 2. The third-order valence-corrected chi connectivity index (χ3v) is 3.14. The van der Waals surface area contributed by atoms with Crippen LogP contribution in [-0.2, 0) is 16.6 Å². The van der Waals surface area contributed by atoms with Crippen LogP contribution in [0.5, 0.6) is 11.5 Å². The first-order valence-corrected chi connectivity index (χ1v) is 6.44. The number of carboxylic acid groups (broad SMARTS) is 1. The predicted molar refractivity (Wildman–Crippen MR) is 77.6 cm³/mol. The van der Waals surface area contributed by atoms with Crippen LogP contribution in [0.1, 0.15) is 31.9 Å². The van der Waals surface area contributed by atoms with Gasteiger partial charge in [0, 0.05) is 17.5 Å². The number of benzene rings is 1. The van der Waals surface area contributed by atoms with E-state index in [0.29, 0.717) is 11.5 Å². The lowest BCUT2D eigenvalue weighted by atomic mass is 9.84. The zero-order valence-electron chi connectivity index (χ0n) is 12.7. The summed E-state index contributed by atoms with van der Waals surface area (Å²) in [5.41, 5.74) is 7.18. The van der Waals surface area contributed by atoms with E-state index in [1.807, 2.05) is 6.07 Å². The van der Waals surface area contributed by atoms with Gasteiger partial charge in [0.15, 0.2) is 0 Å². The van der Waals surface area contributed by atoms with E-state index < -0.39 is 12.0 Å². The molecule has 0 saturated carbocycles. The number of ether oxygens (including phenoxy) is 2. The quantitative estimate of drug-likeness (QED) is 0.862. The molecule has 0 saturated heterocycles. The second kappa shape index (κ2) is 6.13. The molecule has 0 spiro atoms. The highest BCUT2D eigenvalue weighted by Crippen LogP contribution is 2.37. The zero-order chi connectivity index (χ0) is 15.5. The normalized spacial score (nSPS) is 12.9. The maximum Gasteiger partial charge on any atom is 0.320 e. The maximum absolute atomic E-state index is 10.9.